The molecule has 0 aliphatic carbocycles. The van der Waals surface area contributed by atoms with Crippen molar-refractivity contribution in [1.82, 2.24) is 0 Å². The smallest absolute Gasteiger partial charge is 0.163 e. The number of benzene rings is 2. The van der Waals surface area contributed by atoms with Crippen molar-refractivity contribution in [3.63, 3.8) is 0 Å². The van der Waals surface area contributed by atoms with Crippen LogP contribution in [0.1, 0.15) is 33.8 Å². The van der Waals surface area contributed by atoms with Crippen LogP contribution in [0, 0.1) is 6.92 Å². The minimum Gasteiger partial charge on any atom is -0.384 e. The van der Waals surface area contributed by atoms with E-state index in [1.54, 1.807) is 0 Å². The second-order valence-electron chi connectivity index (χ2n) is 5.16. The zero-order chi connectivity index (χ0) is 13.2. The van der Waals surface area contributed by atoms with E-state index in [0.29, 0.717) is 12.3 Å². The van der Waals surface area contributed by atoms with Crippen LogP contribution in [0.5, 0.6) is 0 Å². The van der Waals surface area contributed by atoms with E-state index in [4.69, 9.17) is 0 Å². The van der Waals surface area contributed by atoms with Gasteiger partial charge in [-0.15, -0.1) is 0 Å². The van der Waals surface area contributed by atoms with Gasteiger partial charge in [0.1, 0.15) is 0 Å². The third kappa shape index (κ3) is 2.39. The Kier molecular flexibility index (Phi) is 3.08. The summed E-state index contributed by atoms with van der Waals surface area (Å²) < 4.78 is 0. The van der Waals surface area contributed by atoms with E-state index < -0.39 is 0 Å². The van der Waals surface area contributed by atoms with E-state index >= 15 is 0 Å². The van der Waals surface area contributed by atoms with E-state index in [9.17, 15) is 4.79 Å². The molecule has 0 spiro atoms. The number of carbonyl (C=O) groups is 1. The molecule has 2 heteroatoms. The molecule has 1 N–H and O–H groups in total. The Morgan fingerprint density at radius 3 is 2.68 bits per heavy atom. The summed E-state index contributed by atoms with van der Waals surface area (Å²) in [4.78, 5) is 12.3. The second-order valence-corrected chi connectivity index (χ2v) is 5.16. The van der Waals surface area contributed by atoms with Crippen molar-refractivity contribution >= 4 is 11.5 Å². The lowest BCUT2D eigenvalue weighted by atomic mass is 9.93. The molecular weight excluding hydrogens is 234 g/mol. The van der Waals surface area contributed by atoms with Gasteiger partial charge in [-0.25, -0.2) is 0 Å². The van der Waals surface area contributed by atoms with Gasteiger partial charge in [0, 0.05) is 30.1 Å². The lowest BCUT2D eigenvalue weighted by Crippen LogP contribution is -2.09. The largest absolute Gasteiger partial charge is 0.384 e. The van der Waals surface area contributed by atoms with Crippen molar-refractivity contribution in [2.45, 2.75) is 19.3 Å². The third-order valence-corrected chi connectivity index (χ3v) is 3.74. The van der Waals surface area contributed by atoms with E-state index in [2.05, 4.69) is 17.4 Å². The topological polar surface area (TPSA) is 29.1 Å². The first-order valence-electron chi connectivity index (χ1n) is 6.67. The van der Waals surface area contributed by atoms with E-state index in [0.717, 1.165) is 12.1 Å². The molecule has 1 atom stereocenters. The average Bonchev–Trinajstić information content (AvgIpc) is 2.83. The standard InChI is InChI=1S/C17H17NO/c1-12-6-8-13(9-7-12)17(19)10-14-11-18-16-5-3-2-4-15(14)16/h2-9,14,18H,10-11H2,1H3. The summed E-state index contributed by atoms with van der Waals surface area (Å²) in [5, 5.41) is 3.36. The molecule has 1 unspecified atom stereocenters. The number of hydrogen-bond donors (Lipinski definition) is 1. The summed E-state index contributed by atoms with van der Waals surface area (Å²) in [6.07, 6.45) is 0.576. The van der Waals surface area contributed by atoms with Crippen LogP contribution >= 0.6 is 0 Å². The quantitative estimate of drug-likeness (QED) is 0.841. The van der Waals surface area contributed by atoms with Gasteiger partial charge in [0.15, 0.2) is 5.78 Å². The highest BCUT2D eigenvalue weighted by atomic mass is 16.1. The maximum atomic E-state index is 12.3. The molecule has 96 valence electrons. The van der Waals surface area contributed by atoms with Crippen LogP contribution in [-0.4, -0.2) is 12.3 Å². The predicted molar refractivity (Wildman–Crippen MR) is 77.8 cm³/mol. The maximum Gasteiger partial charge on any atom is 0.163 e. The molecule has 0 aromatic heterocycles. The molecule has 2 nitrogen and oxygen atoms in total. The van der Waals surface area contributed by atoms with Crippen molar-refractivity contribution in [3.05, 3.63) is 65.2 Å². The summed E-state index contributed by atoms with van der Waals surface area (Å²) in [5.74, 6) is 0.522. The molecule has 0 amide bonds. The number of Topliss-reactive ketones (excluding diaryl/α,β-unsaturated/α-hetero) is 1. The van der Waals surface area contributed by atoms with E-state index in [1.807, 2.05) is 43.3 Å². The Bertz CT molecular complexity index is 601. The summed E-state index contributed by atoms with van der Waals surface area (Å²) in [5.41, 5.74) is 4.44. The molecule has 2 aromatic carbocycles. The number of ketones is 1. The molecule has 19 heavy (non-hydrogen) atoms. The Morgan fingerprint density at radius 1 is 1.16 bits per heavy atom. The van der Waals surface area contributed by atoms with Crippen LogP contribution in [0.25, 0.3) is 0 Å². The number of carbonyl (C=O) groups excluding carboxylic acids is 1. The predicted octanol–water partition coefficient (Wildman–Crippen LogP) is 3.78. The van der Waals surface area contributed by atoms with Gasteiger partial charge in [-0.1, -0.05) is 48.0 Å². The van der Waals surface area contributed by atoms with Crippen molar-refractivity contribution in [2.24, 2.45) is 0 Å². The Hall–Kier alpha value is -2.09. The van der Waals surface area contributed by atoms with Gasteiger partial charge in [-0.05, 0) is 18.6 Å². The Morgan fingerprint density at radius 2 is 1.89 bits per heavy atom. The van der Waals surface area contributed by atoms with Crippen LogP contribution in [0.15, 0.2) is 48.5 Å². The molecule has 1 aliphatic rings. The Labute approximate surface area is 113 Å². The molecule has 0 fully saturated rings. The van der Waals surface area contributed by atoms with Crippen molar-refractivity contribution in [1.29, 1.82) is 0 Å². The van der Waals surface area contributed by atoms with Crippen LogP contribution in [0.3, 0.4) is 0 Å². The van der Waals surface area contributed by atoms with Gasteiger partial charge in [-0.3, -0.25) is 4.79 Å². The summed E-state index contributed by atoms with van der Waals surface area (Å²) in [6, 6.07) is 16.1. The van der Waals surface area contributed by atoms with Crippen LogP contribution in [-0.2, 0) is 0 Å². The molecule has 0 saturated heterocycles. The molecule has 3 rings (SSSR count). The van der Waals surface area contributed by atoms with Crippen molar-refractivity contribution < 1.29 is 4.79 Å². The molecule has 0 bridgehead atoms. The highest BCUT2D eigenvalue weighted by molar-refractivity contribution is 5.96. The summed E-state index contributed by atoms with van der Waals surface area (Å²) in [7, 11) is 0. The molecular formula is C17H17NO. The molecule has 1 aliphatic heterocycles. The minimum atomic E-state index is 0.225. The number of aryl methyl sites for hydroxylation is 1. The van der Waals surface area contributed by atoms with Gasteiger partial charge < -0.3 is 5.32 Å². The fraction of sp³-hybridized carbons (Fsp3) is 0.235. The Balaban J connectivity index is 1.76. The molecule has 0 saturated carbocycles. The van der Waals surface area contributed by atoms with Crippen LogP contribution < -0.4 is 5.32 Å². The third-order valence-electron chi connectivity index (χ3n) is 3.74. The van der Waals surface area contributed by atoms with Gasteiger partial charge in [-0.2, -0.15) is 0 Å². The number of rotatable bonds is 3. The highest BCUT2D eigenvalue weighted by Crippen LogP contribution is 2.33. The fourth-order valence-corrected chi connectivity index (χ4v) is 2.62. The van der Waals surface area contributed by atoms with Gasteiger partial charge in [0.25, 0.3) is 0 Å². The fourth-order valence-electron chi connectivity index (χ4n) is 2.62. The number of hydrogen-bond acceptors (Lipinski definition) is 2. The highest BCUT2D eigenvalue weighted by Gasteiger charge is 2.24. The summed E-state index contributed by atoms with van der Waals surface area (Å²) in [6.45, 7) is 2.89. The second kappa shape index (κ2) is 4.88. The zero-order valence-corrected chi connectivity index (χ0v) is 11.0. The van der Waals surface area contributed by atoms with Crippen LogP contribution in [0.2, 0.25) is 0 Å². The monoisotopic (exact) mass is 251 g/mol. The van der Waals surface area contributed by atoms with Crippen molar-refractivity contribution in [2.75, 3.05) is 11.9 Å². The SMILES string of the molecule is Cc1ccc(C(=O)CC2CNc3ccccc32)cc1. The van der Waals surface area contributed by atoms with Crippen molar-refractivity contribution in [3.8, 4) is 0 Å². The first-order chi connectivity index (χ1) is 9.24. The normalized spacial score (nSPS) is 16.8. The number of para-hydroxylation sites is 1. The van der Waals surface area contributed by atoms with Crippen LogP contribution in [0.4, 0.5) is 5.69 Å². The van der Waals surface area contributed by atoms with E-state index in [1.165, 1.54) is 16.8 Å². The zero-order valence-electron chi connectivity index (χ0n) is 11.0. The first kappa shape index (κ1) is 12.0. The van der Waals surface area contributed by atoms with Gasteiger partial charge in [0.2, 0.25) is 0 Å². The minimum absolute atomic E-state index is 0.225. The molecule has 0 radical (unpaired) electrons. The number of anilines is 1. The van der Waals surface area contributed by atoms with E-state index in [-0.39, 0.29) is 5.78 Å². The van der Waals surface area contributed by atoms with Gasteiger partial charge in [0.05, 0.1) is 0 Å². The number of fused-ring (bicyclic) bond motifs is 1. The maximum absolute atomic E-state index is 12.3. The lowest BCUT2D eigenvalue weighted by Gasteiger charge is -2.09. The number of nitrogens with one attached hydrogen (secondary N) is 1. The molecule has 2 aromatic rings. The molecule has 1 heterocycles. The van der Waals surface area contributed by atoms with Gasteiger partial charge >= 0.3 is 0 Å². The lowest BCUT2D eigenvalue weighted by molar-refractivity contribution is 0.0975. The summed E-state index contributed by atoms with van der Waals surface area (Å²) >= 11 is 0. The average molecular weight is 251 g/mol. The first-order valence-corrected chi connectivity index (χ1v) is 6.67.